The van der Waals surface area contributed by atoms with Crippen LogP contribution in [0.5, 0.6) is 0 Å². The Hall–Kier alpha value is -1.19. The maximum Gasteiger partial charge on any atom is 0.0982 e. The molecule has 1 atom stereocenters. The summed E-state index contributed by atoms with van der Waals surface area (Å²) in [5.41, 5.74) is 2.80. The topological polar surface area (TPSA) is 24.9 Å². The van der Waals surface area contributed by atoms with Crippen LogP contribution in [0.3, 0.4) is 0 Å². The summed E-state index contributed by atoms with van der Waals surface area (Å²) in [6, 6.07) is 0. The fraction of sp³-hybridized carbons (Fsp3) is 0.357. The summed E-state index contributed by atoms with van der Waals surface area (Å²) in [5, 5.41) is 6.01. The molecule has 17 heavy (non-hydrogen) atoms. The van der Waals surface area contributed by atoms with Gasteiger partial charge >= 0.3 is 0 Å². The zero-order valence-corrected chi connectivity index (χ0v) is 10.4. The van der Waals surface area contributed by atoms with Gasteiger partial charge in [-0.05, 0) is 36.6 Å². The molecular formula is C14H14N2S. The largest absolute Gasteiger partial charge is 0.316 e. The number of allylic oxidation sites excluding steroid dienone is 4. The average Bonchev–Trinajstić information content (AvgIpc) is 3.03. The van der Waals surface area contributed by atoms with Crippen LogP contribution in [0.15, 0.2) is 23.8 Å². The van der Waals surface area contributed by atoms with Crippen LogP contribution in [0.1, 0.15) is 23.8 Å². The van der Waals surface area contributed by atoms with Crippen LogP contribution in [0.25, 0.3) is 11.6 Å². The number of nitrogens with one attached hydrogen (secondary N) is 1. The third kappa shape index (κ3) is 1.46. The summed E-state index contributed by atoms with van der Waals surface area (Å²) in [6.45, 7) is 2.24. The molecule has 3 aliphatic rings. The third-order valence-electron chi connectivity index (χ3n) is 3.73. The van der Waals surface area contributed by atoms with Gasteiger partial charge < -0.3 is 5.32 Å². The van der Waals surface area contributed by atoms with Crippen LogP contribution >= 0.6 is 11.3 Å². The summed E-state index contributed by atoms with van der Waals surface area (Å²) < 4.78 is 1.37. The second-order valence-electron chi connectivity index (χ2n) is 4.83. The lowest BCUT2D eigenvalue weighted by Gasteiger charge is -2.05. The highest BCUT2D eigenvalue weighted by Crippen LogP contribution is 2.26. The van der Waals surface area contributed by atoms with Crippen LogP contribution < -0.4 is 15.2 Å². The zero-order chi connectivity index (χ0) is 11.2. The first kappa shape index (κ1) is 9.80. The highest BCUT2D eigenvalue weighted by atomic mass is 32.1. The highest BCUT2D eigenvalue weighted by molar-refractivity contribution is 7.09. The molecule has 2 heterocycles. The van der Waals surface area contributed by atoms with Crippen LogP contribution in [0, 0.1) is 0 Å². The van der Waals surface area contributed by atoms with E-state index in [9.17, 15) is 0 Å². The summed E-state index contributed by atoms with van der Waals surface area (Å²) in [4.78, 5) is 4.89. The first-order valence-electron chi connectivity index (χ1n) is 6.21. The summed E-state index contributed by atoms with van der Waals surface area (Å²) >= 11 is 1.89. The molecule has 1 saturated heterocycles. The van der Waals surface area contributed by atoms with Crippen LogP contribution in [-0.4, -0.2) is 18.1 Å². The summed E-state index contributed by atoms with van der Waals surface area (Å²) in [5.74, 6) is 0.645. The molecule has 1 N–H and O–H groups in total. The first-order valence-corrected chi connectivity index (χ1v) is 7.03. The van der Waals surface area contributed by atoms with E-state index in [-0.39, 0.29) is 0 Å². The quantitative estimate of drug-likeness (QED) is 0.796. The van der Waals surface area contributed by atoms with Gasteiger partial charge in [-0.3, -0.25) is 0 Å². The molecule has 0 radical (unpaired) electrons. The molecule has 2 aliphatic carbocycles. The van der Waals surface area contributed by atoms with E-state index in [0.29, 0.717) is 5.92 Å². The van der Waals surface area contributed by atoms with Gasteiger partial charge in [-0.2, -0.15) is 0 Å². The lowest BCUT2D eigenvalue weighted by Crippen LogP contribution is -2.19. The van der Waals surface area contributed by atoms with Gasteiger partial charge in [-0.25, -0.2) is 4.98 Å². The fourth-order valence-corrected chi connectivity index (χ4v) is 3.97. The second-order valence-corrected chi connectivity index (χ2v) is 5.89. The minimum absolute atomic E-state index is 0.645. The number of nitrogens with zero attached hydrogens (tertiary/aromatic N) is 1. The van der Waals surface area contributed by atoms with Gasteiger partial charge in [-0.15, -0.1) is 11.3 Å². The Morgan fingerprint density at radius 1 is 1.41 bits per heavy atom. The number of fused-ring (bicyclic) bond motifs is 2. The fourth-order valence-electron chi connectivity index (χ4n) is 2.79. The van der Waals surface area contributed by atoms with E-state index in [1.807, 2.05) is 11.3 Å². The summed E-state index contributed by atoms with van der Waals surface area (Å²) in [6.07, 6.45) is 11.2. The first-order chi connectivity index (χ1) is 8.42. The van der Waals surface area contributed by atoms with Crippen molar-refractivity contribution in [3.05, 3.63) is 38.7 Å². The molecule has 1 aliphatic heterocycles. The van der Waals surface area contributed by atoms with E-state index < -0.39 is 0 Å². The molecule has 2 nitrogen and oxygen atoms in total. The van der Waals surface area contributed by atoms with Gasteiger partial charge in [0, 0.05) is 12.5 Å². The molecule has 0 saturated carbocycles. The minimum atomic E-state index is 0.645. The van der Waals surface area contributed by atoms with Gasteiger partial charge in [-0.1, -0.05) is 18.2 Å². The second kappa shape index (κ2) is 3.65. The van der Waals surface area contributed by atoms with Crippen molar-refractivity contribution in [1.29, 1.82) is 0 Å². The Kier molecular flexibility index (Phi) is 2.11. The SMILES string of the molecule is C1=CCC2=c3nc(C4CCNC4)sc3=CC2=C1. The van der Waals surface area contributed by atoms with E-state index >= 15 is 0 Å². The van der Waals surface area contributed by atoms with Crippen molar-refractivity contribution in [3.63, 3.8) is 0 Å². The summed E-state index contributed by atoms with van der Waals surface area (Å²) in [7, 11) is 0. The van der Waals surface area contributed by atoms with E-state index in [0.717, 1.165) is 19.5 Å². The molecule has 1 aromatic heterocycles. The smallest absolute Gasteiger partial charge is 0.0982 e. The molecule has 86 valence electrons. The van der Waals surface area contributed by atoms with E-state index in [2.05, 4.69) is 29.6 Å². The molecule has 0 bridgehead atoms. The van der Waals surface area contributed by atoms with Crippen LogP contribution in [-0.2, 0) is 0 Å². The molecule has 1 aromatic rings. The maximum absolute atomic E-state index is 4.89. The molecular weight excluding hydrogens is 228 g/mol. The molecule has 1 unspecified atom stereocenters. The standard InChI is InChI=1S/C14H14N2S/c1-2-4-11-9(3-1)7-12-13(11)16-14(17-12)10-5-6-15-8-10/h1-3,7,10,15H,4-6,8H2. The van der Waals surface area contributed by atoms with Crippen molar-refractivity contribution in [2.75, 3.05) is 13.1 Å². The van der Waals surface area contributed by atoms with Crippen molar-refractivity contribution in [3.8, 4) is 0 Å². The predicted molar refractivity (Wildman–Crippen MR) is 71.3 cm³/mol. The van der Waals surface area contributed by atoms with Crippen molar-refractivity contribution in [2.45, 2.75) is 18.8 Å². The number of hydrogen-bond acceptors (Lipinski definition) is 3. The molecule has 1 fully saturated rings. The Balaban J connectivity index is 1.85. The number of hydrogen-bond donors (Lipinski definition) is 1. The van der Waals surface area contributed by atoms with Crippen molar-refractivity contribution < 1.29 is 0 Å². The van der Waals surface area contributed by atoms with E-state index in [1.54, 1.807) is 0 Å². The van der Waals surface area contributed by atoms with Gasteiger partial charge in [0.25, 0.3) is 0 Å². The number of aromatic nitrogens is 1. The molecule has 3 heteroatoms. The monoisotopic (exact) mass is 242 g/mol. The lowest BCUT2D eigenvalue weighted by molar-refractivity contribution is 0.753. The molecule has 0 amide bonds. The van der Waals surface area contributed by atoms with E-state index in [1.165, 1.54) is 32.5 Å². The molecule has 0 aromatic carbocycles. The Labute approximate surface area is 104 Å². The third-order valence-corrected chi connectivity index (χ3v) is 4.90. The minimum Gasteiger partial charge on any atom is -0.316 e. The Morgan fingerprint density at radius 3 is 3.29 bits per heavy atom. The number of thiazole rings is 1. The van der Waals surface area contributed by atoms with E-state index in [4.69, 9.17) is 4.98 Å². The number of rotatable bonds is 1. The lowest BCUT2D eigenvalue weighted by atomic mass is 10.0. The van der Waals surface area contributed by atoms with Gasteiger partial charge in [0.1, 0.15) is 0 Å². The van der Waals surface area contributed by atoms with Crippen molar-refractivity contribution in [2.24, 2.45) is 0 Å². The highest BCUT2D eigenvalue weighted by Gasteiger charge is 2.22. The zero-order valence-electron chi connectivity index (χ0n) is 9.57. The van der Waals surface area contributed by atoms with Crippen LogP contribution in [0.4, 0.5) is 0 Å². The van der Waals surface area contributed by atoms with Crippen molar-refractivity contribution >= 4 is 23.0 Å². The Bertz CT molecular complexity index is 642. The normalized spacial score (nSPS) is 25.5. The predicted octanol–water partition coefficient (Wildman–Crippen LogP) is 1.05. The van der Waals surface area contributed by atoms with Gasteiger partial charge in [0.2, 0.25) is 0 Å². The Morgan fingerprint density at radius 2 is 2.41 bits per heavy atom. The maximum atomic E-state index is 4.89. The van der Waals surface area contributed by atoms with Crippen LogP contribution in [0.2, 0.25) is 0 Å². The molecule has 4 rings (SSSR count). The van der Waals surface area contributed by atoms with Gasteiger partial charge in [0.05, 0.1) is 14.9 Å². The average molecular weight is 242 g/mol. The molecule has 0 spiro atoms. The van der Waals surface area contributed by atoms with Gasteiger partial charge in [0.15, 0.2) is 0 Å². The van der Waals surface area contributed by atoms with Crippen molar-refractivity contribution in [1.82, 2.24) is 10.3 Å².